The van der Waals surface area contributed by atoms with Crippen molar-refractivity contribution in [2.24, 2.45) is 0 Å². The van der Waals surface area contributed by atoms with Gasteiger partial charge in [-0.25, -0.2) is 0 Å². The molecule has 0 saturated heterocycles. The standard InChI is InChI=1S/C8H22NSi2.Li/c1-8(2)11(6,7)9-10(3,4)5;/h8H,1-7H3;/q-1;+1. The van der Waals surface area contributed by atoms with Gasteiger partial charge >= 0.3 is 18.9 Å². The number of nitrogens with zero attached hydrogens (tertiary/aromatic N) is 1. The molecule has 0 unspecified atom stereocenters. The molecule has 0 heterocycles. The van der Waals surface area contributed by atoms with Gasteiger partial charge in [0.05, 0.1) is 0 Å². The third-order valence-corrected chi connectivity index (χ3v) is 9.85. The zero-order chi connectivity index (χ0) is 9.28. The first-order valence-electron chi connectivity index (χ1n) is 4.39. The Morgan fingerprint density at radius 2 is 1.25 bits per heavy atom. The number of hydrogen-bond acceptors (Lipinski definition) is 0. The van der Waals surface area contributed by atoms with Crippen LogP contribution in [0.2, 0.25) is 38.3 Å². The van der Waals surface area contributed by atoms with Gasteiger partial charge in [0.1, 0.15) is 0 Å². The molecule has 0 atom stereocenters. The number of rotatable bonds is 3. The van der Waals surface area contributed by atoms with Gasteiger partial charge < -0.3 is 4.65 Å². The Bertz CT molecular complexity index is 130. The second kappa shape index (κ2) is 5.02. The van der Waals surface area contributed by atoms with E-state index in [1.807, 2.05) is 0 Å². The van der Waals surface area contributed by atoms with Gasteiger partial charge in [0.15, 0.2) is 0 Å². The van der Waals surface area contributed by atoms with Crippen molar-refractivity contribution in [1.82, 2.24) is 0 Å². The SMILES string of the molecule is CC(C)[Si](C)(C)[N-][Si](C)(C)C.[Li+]. The van der Waals surface area contributed by atoms with E-state index in [2.05, 4.69) is 46.6 Å². The van der Waals surface area contributed by atoms with Gasteiger partial charge in [-0.3, -0.25) is 0 Å². The third kappa shape index (κ3) is 6.50. The molecule has 0 aliphatic carbocycles. The summed E-state index contributed by atoms with van der Waals surface area (Å²) in [6.07, 6.45) is 0. The molecule has 0 bridgehead atoms. The predicted octanol–water partition coefficient (Wildman–Crippen LogP) is 0.814. The Morgan fingerprint density at radius 3 is 1.33 bits per heavy atom. The summed E-state index contributed by atoms with van der Waals surface area (Å²) in [4.78, 5) is 0. The normalized spacial score (nSPS) is 13.0. The first kappa shape index (κ1) is 15.5. The molecule has 4 heteroatoms. The van der Waals surface area contributed by atoms with Crippen molar-refractivity contribution in [3.05, 3.63) is 4.65 Å². The molecule has 0 spiro atoms. The largest absolute Gasteiger partial charge is 1.00 e. The molecule has 0 amide bonds. The molecule has 0 aromatic heterocycles. The smallest absolute Gasteiger partial charge is 0.667 e. The first-order chi connectivity index (χ1) is 4.65. The van der Waals surface area contributed by atoms with Crippen LogP contribution in [0.3, 0.4) is 0 Å². The fourth-order valence-electron chi connectivity index (χ4n) is 0.994. The van der Waals surface area contributed by atoms with Crippen molar-refractivity contribution in [1.29, 1.82) is 0 Å². The predicted molar refractivity (Wildman–Crippen MR) is 59.3 cm³/mol. The molecular formula is C8H22LiNSi2. The minimum absolute atomic E-state index is 0. The van der Waals surface area contributed by atoms with Gasteiger partial charge in [-0.1, -0.05) is 68.6 Å². The van der Waals surface area contributed by atoms with E-state index in [9.17, 15) is 0 Å². The molecule has 1 nitrogen and oxygen atoms in total. The molecule has 0 aromatic carbocycles. The van der Waals surface area contributed by atoms with E-state index in [0.717, 1.165) is 5.54 Å². The van der Waals surface area contributed by atoms with E-state index in [4.69, 9.17) is 4.65 Å². The zero-order valence-corrected chi connectivity index (χ0v) is 12.0. The van der Waals surface area contributed by atoms with Gasteiger partial charge in [-0.2, -0.15) is 0 Å². The second-order valence-electron chi connectivity index (χ2n) is 5.09. The van der Waals surface area contributed by atoms with Crippen LogP contribution in [0.5, 0.6) is 0 Å². The molecule has 0 aliphatic heterocycles. The Kier molecular flexibility index (Phi) is 6.47. The summed E-state index contributed by atoms with van der Waals surface area (Å²) in [6, 6.07) is 0. The third-order valence-electron chi connectivity index (χ3n) is 2.04. The molecule has 0 aliphatic rings. The summed E-state index contributed by atoms with van der Waals surface area (Å²) in [5.41, 5.74) is 0.786. The summed E-state index contributed by atoms with van der Waals surface area (Å²) in [5, 5.41) is 0. The van der Waals surface area contributed by atoms with E-state index in [1.54, 1.807) is 0 Å². The summed E-state index contributed by atoms with van der Waals surface area (Å²) in [6.45, 7) is 16.3. The van der Waals surface area contributed by atoms with Crippen molar-refractivity contribution >= 4 is 16.5 Å². The summed E-state index contributed by atoms with van der Waals surface area (Å²) in [5.74, 6) is 0. The quantitative estimate of drug-likeness (QED) is 0.592. The van der Waals surface area contributed by atoms with Gasteiger partial charge in [-0.15, -0.1) is 0 Å². The van der Waals surface area contributed by atoms with Crippen LogP contribution in [0, 0.1) is 0 Å². The van der Waals surface area contributed by atoms with E-state index in [0.29, 0.717) is 0 Å². The van der Waals surface area contributed by atoms with E-state index >= 15 is 0 Å². The van der Waals surface area contributed by atoms with Gasteiger partial charge in [0.25, 0.3) is 0 Å². The van der Waals surface area contributed by atoms with Crippen molar-refractivity contribution in [3.63, 3.8) is 0 Å². The minimum Gasteiger partial charge on any atom is -0.667 e. The van der Waals surface area contributed by atoms with Crippen LogP contribution in [0.1, 0.15) is 13.8 Å². The van der Waals surface area contributed by atoms with Crippen LogP contribution in [-0.2, 0) is 0 Å². The van der Waals surface area contributed by atoms with Crippen LogP contribution in [-0.4, -0.2) is 16.5 Å². The molecule has 0 N–H and O–H groups in total. The maximum Gasteiger partial charge on any atom is 1.00 e. The van der Waals surface area contributed by atoms with E-state index in [1.165, 1.54) is 0 Å². The van der Waals surface area contributed by atoms with Crippen molar-refractivity contribution in [2.75, 3.05) is 0 Å². The molecule has 12 heavy (non-hydrogen) atoms. The summed E-state index contributed by atoms with van der Waals surface area (Å²) < 4.78 is 5.02. The molecule has 0 aromatic rings. The van der Waals surface area contributed by atoms with Crippen molar-refractivity contribution in [2.45, 2.75) is 52.1 Å². The fraction of sp³-hybridized carbons (Fsp3) is 1.00. The molecule has 0 fully saturated rings. The van der Waals surface area contributed by atoms with Crippen molar-refractivity contribution < 1.29 is 18.9 Å². The van der Waals surface area contributed by atoms with Crippen molar-refractivity contribution in [3.8, 4) is 0 Å². The molecule has 0 saturated carbocycles. The fourth-order valence-corrected chi connectivity index (χ4v) is 8.94. The van der Waals surface area contributed by atoms with Crippen LogP contribution < -0.4 is 18.9 Å². The Labute approximate surface area is 92.1 Å². The average molecular weight is 195 g/mol. The van der Waals surface area contributed by atoms with E-state index < -0.39 is 16.5 Å². The van der Waals surface area contributed by atoms with Gasteiger partial charge in [-0.05, 0) is 0 Å². The summed E-state index contributed by atoms with van der Waals surface area (Å²) >= 11 is 0. The molecular weight excluding hydrogens is 173 g/mol. The van der Waals surface area contributed by atoms with Crippen LogP contribution in [0.25, 0.3) is 4.65 Å². The topological polar surface area (TPSA) is 14.1 Å². The Hall–Kier alpha value is 0.991. The van der Waals surface area contributed by atoms with Crippen LogP contribution in [0.15, 0.2) is 0 Å². The van der Waals surface area contributed by atoms with Crippen LogP contribution in [0.4, 0.5) is 0 Å². The second-order valence-corrected chi connectivity index (χ2v) is 14.8. The molecule has 0 radical (unpaired) electrons. The monoisotopic (exact) mass is 195 g/mol. The average Bonchev–Trinajstić information content (AvgIpc) is 1.56. The molecule has 68 valence electrons. The Morgan fingerprint density at radius 1 is 0.917 bits per heavy atom. The first-order valence-corrected chi connectivity index (χ1v) is 10.9. The summed E-state index contributed by atoms with van der Waals surface area (Å²) in [7, 11) is -2.40. The number of hydrogen-bond donors (Lipinski definition) is 0. The van der Waals surface area contributed by atoms with E-state index in [-0.39, 0.29) is 18.9 Å². The van der Waals surface area contributed by atoms with Gasteiger partial charge in [0, 0.05) is 0 Å². The maximum absolute atomic E-state index is 5.02. The zero-order valence-electron chi connectivity index (χ0n) is 10.0. The Balaban J connectivity index is 0. The van der Waals surface area contributed by atoms with Gasteiger partial charge in [0.2, 0.25) is 0 Å². The maximum atomic E-state index is 5.02. The van der Waals surface area contributed by atoms with Crippen LogP contribution >= 0.6 is 0 Å². The molecule has 0 rings (SSSR count). The minimum atomic E-state index is -1.23.